The molecule has 0 saturated carbocycles. The number of urea groups is 1. The SMILES string of the molecule is CCC(NC(=O)N1C[C@@H](O)CC1C(=O)N(C)Cc1ccc(Cl)cc1)c1ccc(C)o1. The summed E-state index contributed by atoms with van der Waals surface area (Å²) in [6.45, 7) is 4.30. The van der Waals surface area contributed by atoms with Crippen LogP contribution >= 0.6 is 11.6 Å². The van der Waals surface area contributed by atoms with E-state index in [0.717, 1.165) is 11.3 Å². The highest BCUT2D eigenvalue weighted by Crippen LogP contribution is 2.24. The minimum absolute atomic E-state index is 0.116. The summed E-state index contributed by atoms with van der Waals surface area (Å²) in [6.07, 6.45) is 0.123. The van der Waals surface area contributed by atoms with Gasteiger partial charge < -0.3 is 24.6 Å². The number of amides is 3. The van der Waals surface area contributed by atoms with Crippen molar-refractivity contribution in [2.24, 2.45) is 0 Å². The Morgan fingerprint density at radius 2 is 2.00 bits per heavy atom. The number of rotatable bonds is 6. The molecule has 3 rings (SSSR count). The molecule has 2 unspecified atom stereocenters. The zero-order valence-electron chi connectivity index (χ0n) is 17.5. The van der Waals surface area contributed by atoms with E-state index in [1.165, 1.54) is 4.90 Å². The summed E-state index contributed by atoms with van der Waals surface area (Å²) >= 11 is 5.92. The smallest absolute Gasteiger partial charge is 0.318 e. The van der Waals surface area contributed by atoms with Crippen molar-refractivity contribution in [2.75, 3.05) is 13.6 Å². The first-order valence-corrected chi connectivity index (χ1v) is 10.5. The maximum Gasteiger partial charge on any atom is 0.318 e. The number of halogens is 1. The molecule has 1 aliphatic heterocycles. The van der Waals surface area contributed by atoms with E-state index in [-0.39, 0.29) is 30.9 Å². The highest BCUT2D eigenvalue weighted by molar-refractivity contribution is 6.30. The molecule has 162 valence electrons. The van der Waals surface area contributed by atoms with Gasteiger partial charge in [-0.3, -0.25) is 4.79 Å². The minimum Gasteiger partial charge on any atom is -0.464 e. The molecule has 30 heavy (non-hydrogen) atoms. The third-order valence-corrected chi connectivity index (χ3v) is 5.60. The molecular weight excluding hydrogens is 406 g/mol. The highest BCUT2D eigenvalue weighted by atomic mass is 35.5. The number of furan rings is 1. The van der Waals surface area contributed by atoms with Crippen LogP contribution in [0.25, 0.3) is 0 Å². The molecule has 1 aliphatic rings. The number of benzene rings is 1. The van der Waals surface area contributed by atoms with Gasteiger partial charge in [0.1, 0.15) is 17.6 Å². The Kier molecular flexibility index (Phi) is 7.05. The standard InChI is InChI=1S/C22H28ClN3O4/c1-4-18(20-10-5-14(2)30-20)24-22(29)26-13-17(27)11-19(26)21(28)25(3)12-15-6-8-16(23)9-7-15/h5-10,17-19,27H,4,11-13H2,1-3H3,(H,24,29)/t17-,18?,19?/m0/s1. The maximum atomic E-state index is 13.1. The number of aliphatic hydroxyl groups excluding tert-OH is 1. The monoisotopic (exact) mass is 433 g/mol. The number of aryl methyl sites for hydroxylation is 1. The van der Waals surface area contributed by atoms with Crippen molar-refractivity contribution in [3.8, 4) is 0 Å². The number of likely N-dealkylation sites (N-methyl/N-ethyl adjacent to an activating group) is 1. The van der Waals surface area contributed by atoms with Crippen LogP contribution in [0.2, 0.25) is 5.02 Å². The van der Waals surface area contributed by atoms with Crippen LogP contribution in [0.3, 0.4) is 0 Å². The quantitative estimate of drug-likeness (QED) is 0.730. The van der Waals surface area contributed by atoms with E-state index in [4.69, 9.17) is 16.0 Å². The van der Waals surface area contributed by atoms with Crippen molar-refractivity contribution in [3.05, 3.63) is 58.5 Å². The van der Waals surface area contributed by atoms with E-state index in [2.05, 4.69) is 5.32 Å². The number of carbonyl (C=O) groups is 2. The molecule has 2 N–H and O–H groups in total. The van der Waals surface area contributed by atoms with Gasteiger partial charge in [0.15, 0.2) is 0 Å². The maximum absolute atomic E-state index is 13.1. The van der Waals surface area contributed by atoms with Crippen LogP contribution in [0, 0.1) is 6.92 Å². The Morgan fingerprint density at radius 3 is 2.60 bits per heavy atom. The average molecular weight is 434 g/mol. The zero-order chi connectivity index (χ0) is 21.8. The summed E-state index contributed by atoms with van der Waals surface area (Å²) in [5.41, 5.74) is 0.934. The molecule has 2 aromatic rings. The van der Waals surface area contributed by atoms with E-state index in [0.29, 0.717) is 23.7 Å². The fourth-order valence-electron chi connectivity index (χ4n) is 3.72. The molecule has 8 heteroatoms. The number of nitrogens with zero attached hydrogens (tertiary/aromatic N) is 2. The van der Waals surface area contributed by atoms with Gasteiger partial charge in [0, 0.05) is 31.6 Å². The number of carbonyl (C=O) groups excluding carboxylic acids is 2. The zero-order valence-corrected chi connectivity index (χ0v) is 18.2. The van der Waals surface area contributed by atoms with Gasteiger partial charge in [0.2, 0.25) is 5.91 Å². The number of hydrogen-bond donors (Lipinski definition) is 2. The van der Waals surface area contributed by atoms with Crippen LogP contribution in [-0.2, 0) is 11.3 Å². The van der Waals surface area contributed by atoms with Crippen LogP contribution in [-0.4, -0.2) is 52.6 Å². The summed E-state index contributed by atoms with van der Waals surface area (Å²) in [7, 11) is 1.69. The topological polar surface area (TPSA) is 86.0 Å². The summed E-state index contributed by atoms with van der Waals surface area (Å²) < 4.78 is 5.64. The largest absolute Gasteiger partial charge is 0.464 e. The molecular formula is C22H28ClN3O4. The minimum atomic E-state index is -0.737. The summed E-state index contributed by atoms with van der Waals surface area (Å²) in [6, 6.07) is 9.55. The van der Waals surface area contributed by atoms with Crippen molar-refractivity contribution in [3.63, 3.8) is 0 Å². The van der Waals surface area contributed by atoms with Crippen LogP contribution in [0.1, 0.15) is 42.9 Å². The van der Waals surface area contributed by atoms with Crippen molar-refractivity contribution >= 4 is 23.5 Å². The van der Waals surface area contributed by atoms with E-state index < -0.39 is 12.1 Å². The molecule has 1 aromatic heterocycles. The predicted molar refractivity (Wildman–Crippen MR) is 114 cm³/mol. The lowest BCUT2D eigenvalue weighted by atomic mass is 10.1. The third-order valence-electron chi connectivity index (χ3n) is 5.34. The Labute approximate surface area is 181 Å². The van der Waals surface area contributed by atoms with Gasteiger partial charge in [0.25, 0.3) is 0 Å². The van der Waals surface area contributed by atoms with Crippen molar-refractivity contribution in [2.45, 2.75) is 51.4 Å². The Balaban J connectivity index is 1.68. The van der Waals surface area contributed by atoms with E-state index in [1.807, 2.05) is 38.1 Å². The highest BCUT2D eigenvalue weighted by Gasteiger charge is 2.40. The lowest BCUT2D eigenvalue weighted by molar-refractivity contribution is -0.134. The molecule has 3 amide bonds. The molecule has 1 aromatic carbocycles. The van der Waals surface area contributed by atoms with Gasteiger partial charge in [-0.2, -0.15) is 0 Å². The lowest BCUT2D eigenvalue weighted by Gasteiger charge is -2.29. The molecule has 3 atom stereocenters. The molecule has 1 saturated heterocycles. The number of likely N-dealkylation sites (tertiary alicyclic amines) is 1. The van der Waals surface area contributed by atoms with Gasteiger partial charge >= 0.3 is 6.03 Å². The van der Waals surface area contributed by atoms with Crippen molar-refractivity contribution < 1.29 is 19.1 Å². The normalized spacial score (nSPS) is 19.6. The van der Waals surface area contributed by atoms with Crippen molar-refractivity contribution in [1.82, 2.24) is 15.1 Å². The second-order valence-electron chi connectivity index (χ2n) is 7.74. The summed E-state index contributed by atoms with van der Waals surface area (Å²) in [5.74, 6) is 1.23. The molecule has 7 nitrogen and oxygen atoms in total. The van der Waals surface area contributed by atoms with Gasteiger partial charge in [-0.25, -0.2) is 4.79 Å². The van der Waals surface area contributed by atoms with E-state index in [9.17, 15) is 14.7 Å². The van der Waals surface area contributed by atoms with Gasteiger partial charge in [-0.05, 0) is 43.2 Å². The van der Waals surface area contributed by atoms with Crippen LogP contribution in [0.15, 0.2) is 40.8 Å². The molecule has 0 radical (unpaired) electrons. The van der Waals surface area contributed by atoms with Crippen LogP contribution in [0.4, 0.5) is 4.79 Å². The van der Waals surface area contributed by atoms with Crippen molar-refractivity contribution in [1.29, 1.82) is 0 Å². The molecule has 0 spiro atoms. The summed E-state index contributed by atoms with van der Waals surface area (Å²) in [4.78, 5) is 29.0. The number of nitrogens with one attached hydrogen (secondary N) is 1. The van der Waals surface area contributed by atoms with Crippen LogP contribution in [0.5, 0.6) is 0 Å². The van der Waals surface area contributed by atoms with Gasteiger partial charge in [-0.1, -0.05) is 30.7 Å². The first-order chi connectivity index (χ1) is 14.3. The van der Waals surface area contributed by atoms with Crippen LogP contribution < -0.4 is 5.32 Å². The van der Waals surface area contributed by atoms with E-state index >= 15 is 0 Å². The Bertz CT molecular complexity index is 883. The summed E-state index contributed by atoms with van der Waals surface area (Å²) in [5, 5.41) is 13.7. The number of aliphatic hydroxyl groups is 1. The average Bonchev–Trinajstić information content (AvgIpc) is 3.32. The second kappa shape index (κ2) is 9.53. The predicted octanol–water partition coefficient (Wildman–Crippen LogP) is 3.50. The first-order valence-electron chi connectivity index (χ1n) is 10.1. The lowest BCUT2D eigenvalue weighted by Crippen LogP contribution is -2.50. The fraction of sp³-hybridized carbons (Fsp3) is 0.455. The third kappa shape index (κ3) is 5.15. The number of hydrogen-bond acceptors (Lipinski definition) is 4. The number of β-amino-alcohol motifs (C(OH)–C–C–N with tert-alkyl or cyclic N) is 1. The second-order valence-corrected chi connectivity index (χ2v) is 8.17. The Hall–Kier alpha value is -2.51. The molecule has 0 bridgehead atoms. The van der Waals surface area contributed by atoms with Gasteiger partial charge in [0.05, 0.1) is 12.1 Å². The van der Waals surface area contributed by atoms with Gasteiger partial charge in [-0.15, -0.1) is 0 Å². The Morgan fingerprint density at radius 1 is 1.30 bits per heavy atom. The fourth-order valence-corrected chi connectivity index (χ4v) is 3.84. The molecule has 2 heterocycles. The molecule has 0 aliphatic carbocycles. The molecule has 1 fully saturated rings. The first kappa shape index (κ1) is 22.2. The van der Waals surface area contributed by atoms with E-state index in [1.54, 1.807) is 24.1 Å².